The first-order valence-corrected chi connectivity index (χ1v) is 10.8. The molecule has 0 aromatic heterocycles. The molecule has 0 bridgehead atoms. The van der Waals surface area contributed by atoms with E-state index in [1.807, 2.05) is 6.07 Å². The molecule has 0 radical (unpaired) electrons. The van der Waals surface area contributed by atoms with Crippen molar-refractivity contribution in [1.29, 1.82) is 0 Å². The van der Waals surface area contributed by atoms with E-state index in [4.69, 9.17) is 0 Å². The second-order valence-corrected chi connectivity index (χ2v) is 10.7. The van der Waals surface area contributed by atoms with Crippen LogP contribution in [-0.2, 0) is 0 Å². The molecule has 3 aromatic rings. The van der Waals surface area contributed by atoms with Gasteiger partial charge in [0.1, 0.15) is 0 Å². The minimum absolute atomic E-state index is 1.14. The molecule has 0 fully saturated rings. The molecule has 0 aliphatic rings. The molecule has 0 saturated heterocycles. The van der Waals surface area contributed by atoms with Crippen LogP contribution in [0.2, 0.25) is 0 Å². The molecule has 104 valence electrons. The molecule has 0 amide bonds. The van der Waals surface area contributed by atoms with Gasteiger partial charge in [-0.3, -0.25) is 0 Å². The fraction of sp³-hybridized carbons (Fsp3) is 0. The number of hydrogen-bond acceptors (Lipinski definition) is 1. The molecule has 0 heterocycles. The fourth-order valence-electron chi connectivity index (χ4n) is 2.25. The second kappa shape index (κ2) is 6.45. The molecule has 0 unspecified atom stereocenters. The predicted molar refractivity (Wildman–Crippen MR) is 94.9 cm³/mol. The Labute approximate surface area is 133 Å². The molecule has 3 heteroatoms. The van der Waals surface area contributed by atoms with Crippen LogP contribution in [0, 0.1) is 0 Å². The first-order valence-electron chi connectivity index (χ1n) is 6.84. The van der Waals surface area contributed by atoms with Crippen molar-refractivity contribution in [2.24, 2.45) is 0 Å². The van der Waals surface area contributed by atoms with Gasteiger partial charge in [0.05, 0.1) is 0 Å². The fourth-order valence-corrected chi connectivity index (χ4v) is 6.70. The zero-order chi connectivity index (χ0) is 14.5. The van der Waals surface area contributed by atoms with Gasteiger partial charge in [-0.2, -0.15) is 0 Å². The van der Waals surface area contributed by atoms with Gasteiger partial charge in [0.2, 0.25) is 0 Å². The summed E-state index contributed by atoms with van der Waals surface area (Å²) in [6, 6.07) is 31.6. The van der Waals surface area contributed by atoms with Crippen molar-refractivity contribution in [3.8, 4) is 0 Å². The van der Waals surface area contributed by atoms with Crippen molar-refractivity contribution in [2.45, 2.75) is 0 Å². The number of anilines is 1. The van der Waals surface area contributed by atoms with E-state index in [-0.39, 0.29) is 0 Å². The van der Waals surface area contributed by atoms with Gasteiger partial charge in [-0.1, -0.05) is 0 Å². The van der Waals surface area contributed by atoms with Crippen LogP contribution in [-0.4, -0.2) is 15.1 Å². The average Bonchev–Trinajstić information content (AvgIpc) is 2.57. The monoisotopic (exact) mass is 357 g/mol. The van der Waals surface area contributed by atoms with Crippen molar-refractivity contribution in [2.75, 3.05) is 5.09 Å². The molecular weight excluding hydrogens is 340 g/mol. The van der Waals surface area contributed by atoms with Gasteiger partial charge in [-0.05, 0) is 0 Å². The van der Waals surface area contributed by atoms with Gasteiger partial charge >= 0.3 is 133 Å². The van der Waals surface area contributed by atoms with Crippen LogP contribution in [0.1, 0.15) is 0 Å². The van der Waals surface area contributed by atoms with Crippen LogP contribution in [0.4, 0.5) is 5.69 Å². The van der Waals surface area contributed by atoms with Crippen molar-refractivity contribution in [1.82, 2.24) is 0 Å². The standard InChI is InChI=1S/C18H16NPSe/c21-20(17-12-6-2-7-13-17,18-14-8-3-9-15-18)19-16-10-4-1-5-11-16/h1-15H,(H,19,21). The van der Waals surface area contributed by atoms with Crippen LogP contribution in [0.25, 0.3) is 0 Å². The third-order valence-electron chi connectivity index (χ3n) is 3.30. The van der Waals surface area contributed by atoms with Crippen molar-refractivity contribution >= 4 is 37.1 Å². The Morgan fingerprint density at radius 2 is 0.952 bits per heavy atom. The van der Waals surface area contributed by atoms with Crippen LogP contribution >= 0.6 is 5.66 Å². The Morgan fingerprint density at radius 1 is 0.571 bits per heavy atom. The second-order valence-electron chi connectivity index (χ2n) is 4.76. The normalized spacial score (nSPS) is 11.0. The number of hydrogen-bond donors (Lipinski definition) is 1. The number of nitrogens with one attached hydrogen (secondary N) is 1. The number of para-hydroxylation sites is 1. The van der Waals surface area contributed by atoms with E-state index in [0.717, 1.165) is 5.69 Å². The van der Waals surface area contributed by atoms with Crippen molar-refractivity contribution < 1.29 is 0 Å². The summed E-state index contributed by atoms with van der Waals surface area (Å²) in [7, 11) is 0. The van der Waals surface area contributed by atoms with E-state index in [9.17, 15) is 0 Å². The minimum atomic E-state index is -1.77. The quantitative estimate of drug-likeness (QED) is 0.554. The maximum absolute atomic E-state index is 3.74. The predicted octanol–water partition coefficient (Wildman–Crippen LogP) is 3.77. The zero-order valence-electron chi connectivity index (χ0n) is 11.5. The molecular formula is C18H16NPSe. The topological polar surface area (TPSA) is 12.0 Å². The van der Waals surface area contributed by atoms with Crippen molar-refractivity contribution in [3.05, 3.63) is 91.0 Å². The molecule has 0 saturated carbocycles. The maximum atomic E-state index is 3.74. The Bertz CT molecular complexity index is 698. The van der Waals surface area contributed by atoms with Gasteiger partial charge in [0.15, 0.2) is 0 Å². The van der Waals surface area contributed by atoms with Crippen molar-refractivity contribution in [3.63, 3.8) is 0 Å². The summed E-state index contributed by atoms with van der Waals surface area (Å²) >= 11 is 3.47. The van der Waals surface area contributed by atoms with Gasteiger partial charge in [0, 0.05) is 0 Å². The molecule has 3 aromatic carbocycles. The Hall–Kier alpha value is -1.59. The van der Waals surface area contributed by atoms with E-state index in [1.54, 1.807) is 0 Å². The van der Waals surface area contributed by atoms with E-state index >= 15 is 0 Å². The summed E-state index contributed by atoms with van der Waals surface area (Å²) in [6.07, 6.45) is 0. The molecule has 0 atom stereocenters. The summed E-state index contributed by atoms with van der Waals surface area (Å²) in [5.74, 6) is 0. The number of rotatable bonds is 4. The Kier molecular flexibility index (Phi) is 4.41. The SMILES string of the molecule is [Se]=P(Nc1ccccc1)(c1ccccc1)c1ccccc1. The molecule has 0 spiro atoms. The summed E-state index contributed by atoms with van der Waals surface area (Å²) in [5.41, 5.74) is -0.635. The Balaban J connectivity index is 2.10. The van der Waals surface area contributed by atoms with E-state index < -0.39 is 5.66 Å². The molecule has 21 heavy (non-hydrogen) atoms. The van der Waals surface area contributed by atoms with Crippen LogP contribution in [0.3, 0.4) is 0 Å². The van der Waals surface area contributed by atoms with Gasteiger partial charge in [0.25, 0.3) is 0 Å². The van der Waals surface area contributed by atoms with E-state index in [1.165, 1.54) is 10.6 Å². The first kappa shape index (κ1) is 14.4. The third kappa shape index (κ3) is 3.19. The average molecular weight is 356 g/mol. The third-order valence-corrected chi connectivity index (χ3v) is 9.15. The summed E-state index contributed by atoms with van der Waals surface area (Å²) in [5, 5.41) is 6.35. The molecule has 0 aliphatic heterocycles. The zero-order valence-corrected chi connectivity index (χ0v) is 14.1. The molecule has 0 aliphatic carbocycles. The van der Waals surface area contributed by atoms with E-state index in [0.29, 0.717) is 0 Å². The summed E-state index contributed by atoms with van der Waals surface area (Å²) < 4.78 is 0. The molecule has 3 rings (SSSR count). The van der Waals surface area contributed by atoms with E-state index in [2.05, 4.69) is 105 Å². The first-order chi connectivity index (χ1) is 10.3. The van der Waals surface area contributed by atoms with Crippen LogP contribution in [0.15, 0.2) is 91.0 Å². The molecule has 1 nitrogen and oxygen atoms in total. The van der Waals surface area contributed by atoms with Gasteiger partial charge < -0.3 is 0 Å². The van der Waals surface area contributed by atoms with Gasteiger partial charge in [-0.15, -0.1) is 0 Å². The Morgan fingerprint density at radius 3 is 1.38 bits per heavy atom. The van der Waals surface area contributed by atoms with Crippen LogP contribution in [0.5, 0.6) is 0 Å². The molecule has 1 N–H and O–H groups in total. The number of benzene rings is 3. The van der Waals surface area contributed by atoms with Crippen LogP contribution < -0.4 is 15.7 Å². The summed E-state index contributed by atoms with van der Waals surface area (Å²) in [6.45, 7) is 0. The summed E-state index contributed by atoms with van der Waals surface area (Å²) in [4.78, 5) is 0. The van der Waals surface area contributed by atoms with Gasteiger partial charge in [-0.25, -0.2) is 0 Å².